The van der Waals surface area contributed by atoms with Crippen LogP contribution in [0.4, 0.5) is 5.82 Å². The van der Waals surface area contributed by atoms with Crippen LogP contribution >= 0.6 is 11.6 Å². The number of halogens is 1. The van der Waals surface area contributed by atoms with Gasteiger partial charge in [-0.2, -0.15) is 0 Å². The molecule has 1 aliphatic heterocycles. The lowest BCUT2D eigenvalue weighted by Crippen LogP contribution is -2.43. The van der Waals surface area contributed by atoms with Crippen molar-refractivity contribution in [3.8, 4) is 0 Å². The largest absolute Gasteiger partial charge is 0.414 e. The number of hydrogen-bond acceptors (Lipinski definition) is 7. The van der Waals surface area contributed by atoms with Crippen molar-refractivity contribution in [3.63, 3.8) is 0 Å². The minimum Gasteiger partial charge on any atom is -0.414 e. The van der Waals surface area contributed by atoms with E-state index in [1.807, 2.05) is 6.07 Å². The van der Waals surface area contributed by atoms with Gasteiger partial charge in [0.2, 0.25) is 0 Å². The van der Waals surface area contributed by atoms with Gasteiger partial charge in [-0.1, -0.05) is 39.0 Å². The Morgan fingerprint density at radius 2 is 1.94 bits per heavy atom. The van der Waals surface area contributed by atoms with Crippen LogP contribution in [0.5, 0.6) is 0 Å². The fraction of sp³-hybridized carbons (Fsp3) is 0.478. The first-order chi connectivity index (χ1) is 16.0. The third-order valence-corrected chi connectivity index (χ3v) is 11.6. The fourth-order valence-electron chi connectivity index (χ4n) is 3.48. The van der Waals surface area contributed by atoms with Crippen LogP contribution in [0.3, 0.4) is 0 Å². The summed E-state index contributed by atoms with van der Waals surface area (Å²) in [6.45, 7) is 11.1. The fourth-order valence-corrected chi connectivity index (χ4v) is 4.75. The molecule has 2 aromatic heterocycles. The van der Waals surface area contributed by atoms with Gasteiger partial charge in [-0.3, -0.25) is 9.36 Å². The van der Waals surface area contributed by atoms with Crippen molar-refractivity contribution in [3.05, 3.63) is 48.5 Å². The number of benzene rings is 1. The predicted octanol–water partition coefficient (Wildman–Crippen LogP) is 3.97. The molecule has 2 N–H and O–H groups in total. The number of hydrogen-bond donors (Lipinski definition) is 2. The number of aliphatic hydroxyl groups is 1. The van der Waals surface area contributed by atoms with Crippen LogP contribution in [0.1, 0.15) is 37.4 Å². The number of fused-ring (bicyclic) bond motifs is 1. The third kappa shape index (κ3) is 4.73. The maximum atomic E-state index is 12.6. The number of aromatic nitrogens is 4. The Morgan fingerprint density at radius 3 is 2.62 bits per heavy atom. The predicted molar refractivity (Wildman–Crippen MR) is 132 cm³/mol. The van der Waals surface area contributed by atoms with Gasteiger partial charge in [0.25, 0.3) is 5.91 Å². The monoisotopic (exact) mass is 503 g/mol. The lowest BCUT2D eigenvalue weighted by Gasteiger charge is -2.37. The van der Waals surface area contributed by atoms with Crippen LogP contribution in [0, 0.1) is 0 Å². The molecule has 4 atom stereocenters. The van der Waals surface area contributed by atoms with Crippen LogP contribution in [0.2, 0.25) is 18.1 Å². The second-order valence-electron chi connectivity index (χ2n) is 9.94. The second-order valence-corrected chi connectivity index (χ2v) is 15.3. The van der Waals surface area contributed by atoms with Crippen LogP contribution in [0.25, 0.3) is 11.2 Å². The molecule has 1 amide bonds. The summed E-state index contributed by atoms with van der Waals surface area (Å²) in [6, 6.07) is 8.82. The highest BCUT2D eigenvalue weighted by Crippen LogP contribution is 2.39. The first-order valence-corrected chi connectivity index (χ1v) is 14.5. The van der Waals surface area contributed by atoms with E-state index in [4.69, 9.17) is 20.8 Å². The Kier molecular flexibility index (Phi) is 6.80. The Labute approximate surface area is 204 Å². The summed E-state index contributed by atoms with van der Waals surface area (Å²) in [6.07, 6.45) is 0.551. The summed E-state index contributed by atoms with van der Waals surface area (Å²) in [5, 5.41) is 13.0. The average molecular weight is 504 g/mol. The minimum absolute atomic E-state index is 0.0451. The van der Waals surface area contributed by atoms with Crippen molar-refractivity contribution in [1.29, 1.82) is 0 Å². The molecule has 0 radical (unpaired) electrons. The first kappa shape index (κ1) is 24.7. The van der Waals surface area contributed by atoms with Gasteiger partial charge in [0, 0.05) is 5.56 Å². The molecular weight excluding hydrogens is 474 g/mol. The molecule has 11 heteroatoms. The molecule has 0 bridgehead atoms. The average Bonchev–Trinajstić information content (AvgIpc) is 3.34. The number of carbonyl (C=O) groups is 1. The molecule has 0 unspecified atom stereocenters. The summed E-state index contributed by atoms with van der Waals surface area (Å²) < 4.78 is 14.0. The quantitative estimate of drug-likeness (QED) is 0.386. The first-order valence-electron chi connectivity index (χ1n) is 11.1. The number of nitrogens with zero attached hydrogens (tertiary/aromatic N) is 4. The highest BCUT2D eigenvalue weighted by Gasteiger charge is 2.46. The highest BCUT2D eigenvalue weighted by atomic mass is 35.5. The van der Waals surface area contributed by atoms with Gasteiger partial charge in [-0.25, -0.2) is 15.0 Å². The molecule has 1 aromatic carbocycles. The molecule has 3 heterocycles. The number of aliphatic hydroxyl groups excluding tert-OH is 1. The maximum absolute atomic E-state index is 12.6. The number of imidazole rings is 1. The standard InChI is InChI=1S/C23H30ClN5O4Si/c1-23(2,3)34(4,5)32-11-15-16(24)18(30)22(33-15)29-13-27-17-19(25-12-26-20(17)29)28-21(31)14-9-7-6-8-10-14/h6-10,12-13,15-16,18,22,30H,11H2,1-5H3,(H,25,26,28,31)/t15-,16+,18-,22-/m1/s1. The number of alkyl halides is 1. The Hall–Kier alpha value is -2.37. The van der Waals surface area contributed by atoms with Crippen LogP contribution in [0.15, 0.2) is 43.0 Å². The van der Waals surface area contributed by atoms with Crippen molar-refractivity contribution < 1.29 is 19.1 Å². The van der Waals surface area contributed by atoms with Crippen molar-refractivity contribution in [2.24, 2.45) is 0 Å². The highest BCUT2D eigenvalue weighted by molar-refractivity contribution is 6.74. The Bertz CT molecular complexity index is 1170. The zero-order chi connectivity index (χ0) is 24.7. The van der Waals surface area contributed by atoms with Gasteiger partial charge in [-0.15, -0.1) is 11.6 Å². The normalized spacial score (nSPS) is 23.4. The van der Waals surface area contributed by atoms with Crippen LogP contribution < -0.4 is 5.32 Å². The lowest BCUT2D eigenvalue weighted by molar-refractivity contribution is -0.0470. The summed E-state index contributed by atoms with van der Waals surface area (Å²) in [5.41, 5.74) is 1.30. The van der Waals surface area contributed by atoms with Gasteiger partial charge >= 0.3 is 0 Å². The van der Waals surface area contributed by atoms with Crippen LogP contribution in [-0.2, 0) is 9.16 Å². The molecule has 34 heavy (non-hydrogen) atoms. The number of rotatable bonds is 6. The molecule has 1 fully saturated rings. The number of carbonyl (C=O) groups excluding carboxylic acids is 1. The molecule has 3 aromatic rings. The Balaban J connectivity index is 1.54. The van der Waals surface area contributed by atoms with Gasteiger partial charge in [0.05, 0.1) is 18.3 Å². The smallest absolute Gasteiger partial charge is 0.256 e. The summed E-state index contributed by atoms with van der Waals surface area (Å²) >= 11 is 6.54. The van der Waals surface area contributed by atoms with E-state index in [2.05, 4.69) is 54.1 Å². The number of ether oxygens (including phenoxy) is 1. The number of nitrogens with one attached hydrogen (secondary N) is 1. The Morgan fingerprint density at radius 1 is 1.24 bits per heavy atom. The van der Waals surface area contributed by atoms with E-state index in [-0.39, 0.29) is 23.4 Å². The maximum Gasteiger partial charge on any atom is 0.256 e. The molecule has 182 valence electrons. The van der Waals surface area contributed by atoms with E-state index in [9.17, 15) is 9.90 Å². The van der Waals surface area contributed by atoms with Gasteiger partial charge in [0.15, 0.2) is 31.5 Å². The van der Waals surface area contributed by atoms with Gasteiger partial charge in [-0.05, 0) is 30.3 Å². The van der Waals surface area contributed by atoms with Crippen molar-refractivity contribution in [2.75, 3.05) is 11.9 Å². The molecule has 0 aliphatic carbocycles. The van der Waals surface area contributed by atoms with Crippen molar-refractivity contribution in [1.82, 2.24) is 19.5 Å². The lowest BCUT2D eigenvalue weighted by atomic mass is 10.2. The summed E-state index contributed by atoms with van der Waals surface area (Å²) in [4.78, 5) is 25.4. The van der Waals surface area contributed by atoms with Gasteiger partial charge in [0.1, 0.15) is 18.5 Å². The topological polar surface area (TPSA) is 111 Å². The molecule has 0 spiro atoms. The molecule has 0 saturated carbocycles. The number of anilines is 1. The zero-order valence-corrected chi connectivity index (χ0v) is 21.7. The molecule has 1 saturated heterocycles. The third-order valence-electron chi connectivity index (χ3n) is 6.60. The van der Waals surface area contributed by atoms with Crippen molar-refractivity contribution in [2.45, 2.75) is 62.7 Å². The van der Waals surface area contributed by atoms with E-state index in [0.717, 1.165) is 0 Å². The zero-order valence-electron chi connectivity index (χ0n) is 19.9. The molecular formula is C23H30ClN5O4Si. The molecule has 4 rings (SSSR count). The van der Waals surface area contributed by atoms with E-state index in [0.29, 0.717) is 16.7 Å². The van der Waals surface area contributed by atoms with E-state index in [1.165, 1.54) is 12.7 Å². The van der Waals surface area contributed by atoms with E-state index >= 15 is 0 Å². The van der Waals surface area contributed by atoms with Crippen molar-refractivity contribution >= 4 is 42.8 Å². The van der Waals surface area contributed by atoms with E-state index < -0.39 is 32.1 Å². The molecule has 1 aliphatic rings. The summed E-state index contributed by atoms with van der Waals surface area (Å²) in [5.74, 6) is -0.0405. The summed E-state index contributed by atoms with van der Waals surface area (Å²) in [7, 11) is -2.01. The number of amides is 1. The van der Waals surface area contributed by atoms with Crippen LogP contribution in [-0.4, -0.2) is 63.0 Å². The SMILES string of the molecule is CC(C)(C)[Si](C)(C)OC[C@H]1O[C@@H](n2cnc3c(NC(=O)c4ccccc4)ncnc32)[C@H](O)[C@H]1Cl. The van der Waals surface area contributed by atoms with Gasteiger partial charge < -0.3 is 19.6 Å². The minimum atomic E-state index is -2.01. The van der Waals surface area contributed by atoms with E-state index in [1.54, 1.807) is 28.8 Å². The second kappa shape index (κ2) is 9.35. The molecule has 9 nitrogen and oxygen atoms in total.